The predicted molar refractivity (Wildman–Crippen MR) is 67.9 cm³/mol. The summed E-state index contributed by atoms with van der Waals surface area (Å²) in [6.45, 7) is 0. The SMILES string of the molecule is [Pd].c1ccc(CSCc2ccccc2)cc1. The molecule has 0 saturated heterocycles. The zero-order valence-electron chi connectivity index (χ0n) is 8.91. The first-order valence-electron chi connectivity index (χ1n) is 5.11. The van der Waals surface area contributed by atoms with Crippen LogP contribution < -0.4 is 0 Å². The van der Waals surface area contributed by atoms with Crippen LogP contribution in [-0.2, 0) is 31.9 Å². The largest absolute Gasteiger partial charge is 0.152 e. The van der Waals surface area contributed by atoms with Gasteiger partial charge >= 0.3 is 0 Å². The molecular weight excluding hydrogens is 307 g/mol. The second-order valence-corrected chi connectivity index (χ2v) is 4.45. The molecule has 0 spiro atoms. The molecule has 0 aliphatic heterocycles. The third kappa shape index (κ3) is 4.53. The van der Waals surface area contributed by atoms with Crippen LogP contribution in [0.5, 0.6) is 0 Å². The van der Waals surface area contributed by atoms with Crippen LogP contribution in [0.1, 0.15) is 11.1 Å². The first-order valence-corrected chi connectivity index (χ1v) is 6.26. The summed E-state index contributed by atoms with van der Waals surface area (Å²) in [6.07, 6.45) is 0. The molecule has 86 valence electrons. The molecule has 0 unspecified atom stereocenters. The van der Waals surface area contributed by atoms with Crippen molar-refractivity contribution in [3.63, 3.8) is 0 Å². The van der Waals surface area contributed by atoms with Gasteiger partial charge in [0.15, 0.2) is 0 Å². The smallest absolute Gasteiger partial charge is 0.0187 e. The van der Waals surface area contributed by atoms with Crippen LogP contribution in [0.25, 0.3) is 0 Å². The van der Waals surface area contributed by atoms with E-state index < -0.39 is 0 Å². The summed E-state index contributed by atoms with van der Waals surface area (Å²) in [5.41, 5.74) is 2.80. The molecule has 0 aliphatic rings. The van der Waals surface area contributed by atoms with Gasteiger partial charge in [0.2, 0.25) is 0 Å². The van der Waals surface area contributed by atoms with Gasteiger partial charge in [-0.3, -0.25) is 0 Å². The quantitative estimate of drug-likeness (QED) is 0.764. The van der Waals surface area contributed by atoms with Crippen molar-refractivity contribution < 1.29 is 20.4 Å². The summed E-state index contributed by atoms with van der Waals surface area (Å²) in [6, 6.07) is 21.2. The number of thioether (sulfide) groups is 1. The maximum Gasteiger partial charge on any atom is 0.0187 e. The normalized spacial score (nSPS) is 9.50. The maximum absolute atomic E-state index is 2.18. The van der Waals surface area contributed by atoms with Gasteiger partial charge < -0.3 is 0 Å². The molecule has 0 saturated carbocycles. The minimum Gasteiger partial charge on any atom is -0.152 e. The van der Waals surface area contributed by atoms with E-state index in [-0.39, 0.29) is 20.4 Å². The van der Waals surface area contributed by atoms with Crippen molar-refractivity contribution in [1.29, 1.82) is 0 Å². The fraction of sp³-hybridized carbons (Fsp3) is 0.143. The molecule has 0 bridgehead atoms. The molecule has 0 N–H and O–H groups in total. The molecule has 16 heavy (non-hydrogen) atoms. The van der Waals surface area contributed by atoms with E-state index in [1.165, 1.54) is 11.1 Å². The average molecular weight is 321 g/mol. The van der Waals surface area contributed by atoms with E-state index in [1.807, 2.05) is 11.8 Å². The molecule has 2 aromatic rings. The van der Waals surface area contributed by atoms with E-state index in [1.54, 1.807) is 0 Å². The molecule has 0 fully saturated rings. The van der Waals surface area contributed by atoms with Gasteiger partial charge in [0.1, 0.15) is 0 Å². The van der Waals surface area contributed by atoms with E-state index in [4.69, 9.17) is 0 Å². The number of hydrogen-bond acceptors (Lipinski definition) is 1. The van der Waals surface area contributed by atoms with Crippen LogP contribution in [-0.4, -0.2) is 0 Å². The van der Waals surface area contributed by atoms with Crippen LogP contribution in [0.3, 0.4) is 0 Å². The summed E-state index contributed by atoms with van der Waals surface area (Å²) in [5.74, 6) is 2.19. The average Bonchev–Trinajstić information content (AvgIpc) is 2.32. The zero-order chi connectivity index (χ0) is 10.3. The molecule has 0 nitrogen and oxygen atoms in total. The number of benzene rings is 2. The first kappa shape index (κ1) is 13.5. The summed E-state index contributed by atoms with van der Waals surface area (Å²) >= 11 is 1.96. The second-order valence-electron chi connectivity index (χ2n) is 3.46. The second kappa shape index (κ2) is 7.68. The van der Waals surface area contributed by atoms with Crippen molar-refractivity contribution in [2.24, 2.45) is 0 Å². The Morgan fingerprint density at radius 3 is 1.38 bits per heavy atom. The van der Waals surface area contributed by atoms with Crippen LogP contribution in [0.4, 0.5) is 0 Å². The summed E-state index contributed by atoms with van der Waals surface area (Å²) in [7, 11) is 0. The van der Waals surface area contributed by atoms with Gasteiger partial charge in [-0.25, -0.2) is 0 Å². The third-order valence-corrected chi connectivity index (χ3v) is 3.30. The molecule has 2 aromatic carbocycles. The summed E-state index contributed by atoms with van der Waals surface area (Å²) in [4.78, 5) is 0. The maximum atomic E-state index is 2.18. The molecule has 0 aliphatic carbocycles. The van der Waals surface area contributed by atoms with Crippen LogP contribution in [0, 0.1) is 0 Å². The van der Waals surface area contributed by atoms with Gasteiger partial charge in [-0.1, -0.05) is 60.7 Å². The fourth-order valence-corrected chi connectivity index (χ4v) is 2.39. The van der Waals surface area contributed by atoms with Crippen molar-refractivity contribution in [2.75, 3.05) is 0 Å². The molecule has 0 radical (unpaired) electrons. The molecule has 2 heteroatoms. The topological polar surface area (TPSA) is 0 Å². The van der Waals surface area contributed by atoms with Gasteiger partial charge in [0.05, 0.1) is 0 Å². The minimum absolute atomic E-state index is 0. The minimum atomic E-state index is 0. The zero-order valence-corrected chi connectivity index (χ0v) is 11.3. The van der Waals surface area contributed by atoms with Gasteiger partial charge in [-0.15, -0.1) is 0 Å². The molecule has 0 atom stereocenters. The summed E-state index contributed by atoms with van der Waals surface area (Å²) in [5, 5.41) is 0. The Morgan fingerprint density at radius 2 is 1.00 bits per heavy atom. The van der Waals surface area contributed by atoms with Gasteiger partial charge in [-0.2, -0.15) is 11.8 Å². The van der Waals surface area contributed by atoms with E-state index in [0.29, 0.717) is 0 Å². The Bertz CT molecular complexity index is 346. The van der Waals surface area contributed by atoms with Gasteiger partial charge in [0.25, 0.3) is 0 Å². The molecule has 0 aromatic heterocycles. The molecule has 0 heterocycles. The van der Waals surface area contributed by atoms with Crippen molar-refractivity contribution >= 4 is 11.8 Å². The van der Waals surface area contributed by atoms with Crippen molar-refractivity contribution in [3.05, 3.63) is 71.8 Å². The van der Waals surface area contributed by atoms with Crippen LogP contribution >= 0.6 is 11.8 Å². The monoisotopic (exact) mass is 320 g/mol. The third-order valence-electron chi connectivity index (χ3n) is 2.22. The van der Waals surface area contributed by atoms with Crippen molar-refractivity contribution in [1.82, 2.24) is 0 Å². The Morgan fingerprint density at radius 1 is 0.625 bits per heavy atom. The Balaban J connectivity index is 0.00000128. The van der Waals surface area contributed by atoms with Crippen LogP contribution in [0.15, 0.2) is 60.7 Å². The van der Waals surface area contributed by atoms with Crippen molar-refractivity contribution in [3.8, 4) is 0 Å². The Labute approximate surface area is 115 Å². The fourth-order valence-electron chi connectivity index (χ4n) is 1.44. The Kier molecular flexibility index (Phi) is 6.49. The van der Waals surface area contributed by atoms with E-state index in [2.05, 4.69) is 60.7 Å². The molecular formula is C14H14PdS. The van der Waals surface area contributed by atoms with Gasteiger partial charge in [-0.05, 0) is 11.1 Å². The number of rotatable bonds is 4. The first-order chi connectivity index (χ1) is 7.45. The van der Waals surface area contributed by atoms with E-state index >= 15 is 0 Å². The molecule has 0 amide bonds. The molecule has 2 rings (SSSR count). The summed E-state index contributed by atoms with van der Waals surface area (Å²) < 4.78 is 0. The number of hydrogen-bond donors (Lipinski definition) is 0. The van der Waals surface area contributed by atoms with E-state index in [9.17, 15) is 0 Å². The van der Waals surface area contributed by atoms with Crippen molar-refractivity contribution in [2.45, 2.75) is 11.5 Å². The predicted octanol–water partition coefficient (Wildman–Crippen LogP) is 4.12. The van der Waals surface area contributed by atoms with E-state index in [0.717, 1.165) is 11.5 Å². The standard InChI is InChI=1S/C14H14S.Pd/c1-3-7-13(8-4-1)11-15-12-14-9-5-2-6-10-14;/h1-10H,11-12H2;. The van der Waals surface area contributed by atoms with Crippen LogP contribution in [0.2, 0.25) is 0 Å². The van der Waals surface area contributed by atoms with Gasteiger partial charge in [0, 0.05) is 31.9 Å². The Hall–Kier alpha value is -0.548.